The molecule has 1 aliphatic rings. The lowest BCUT2D eigenvalue weighted by Gasteiger charge is -2.41. The van der Waals surface area contributed by atoms with Gasteiger partial charge in [0.25, 0.3) is 0 Å². The molecule has 38 heavy (non-hydrogen) atoms. The van der Waals surface area contributed by atoms with E-state index in [1.807, 2.05) is 30.3 Å². The summed E-state index contributed by atoms with van der Waals surface area (Å²) in [5.74, 6) is 0.660. The Morgan fingerprint density at radius 1 is 1.05 bits per heavy atom. The van der Waals surface area contributed by atoms with Gasteiger partial charge in [0.15, 0.2) is 0 Å². The number of hydrogen-bond donors (Lipinski definition) is 1. The normalized spacial score (nSPS) is 15.1. The van der Waals surface area contributed by atoms with Crippen molar-refractivity contribution in [2.24, 2.45) is 0 Å². The van der Waals surface area contributed by atoms with Crippen molar-refractivity contribution < 1.29 is 32.5 Å². The Hall–Kier alpha value is -4.03. The largest absolute Gasteiger partial charge is 0.497 e. The van der Waals surface area contributed by atoms with Crippen molar-refractivity contribution in [3.8, 4) is 22.9 Å². The van der Waals surface area contributed by atoms with Crippen LogP contribution in [0.3, 0.4) is 0 Å². The third kappa shape index (κ3) is 6.09. The van der Waals surface area contributed by atoms with Crippen LogP contribution in [0.1, 0.15) is 35.1 Å². The predicted molar refractivity (Wildman–Crippen MR) is 135 cm³/mol. The van der Waals surface area contributed by atoms with Crippen LogP contribution in [0.5, 0.6) is 5.75 Å². The first kappa shape index (κ1) is 27.0. The Balaban J connectivity index is 1.59. The first-order chi connectivity index (χ1) is 18.1. The minimum atomic E-state index is -4.54. The lowest BCUT2D eigenvalue weighted by Crippen LogP contribution is -2.47. The Kier molecular flexibility index (Phi) is 7.93. The van der Waals surface area contributed by atoms with E-state index in [1.165, 1.54) is 4.90 Å². The third-order valence-electron chi connectivity index (χ3n) is 6.99. The van der Waals surface area contributed by atoms with Crippen molar-refractivity contribution in [2.75, 3.05) is 26.8 Å². The molecule has 0 aliphatic carbocycles. The highest BCUT2D eigenvalue weighted by Gasteiger charge is 2.38. The standard InChI is InChI=1S/C29H27F3N2O4/c1-37-26-4-2-3-24(16-26)28(9-11-34(12-10-28)27(35)36)19-38-18-21-13-23(15-25(14-21)29(30,31)32)22-7-5-20(17-33)6-8-22/h2-8,13-16H,9-12,18-19H2,1H3,(H,35,36). The van der Waals surface area contributed by atoms with Gasteiger partial charge in [-0.15, -0.1) is 0 Å². The maximum absolute atomic E-state index is 13.7. The number of benzene rings is 3. The molecule has 9 heteroatoms. The maximum Gasteiger partial charge on any atom is 0.416 e. The van der Waals surface area contributed by atoms with E-state index in [0.717, 1.165) is 17.7 Å². The summed E-state index contributed by atoms with van der Waals surface area (Å²) in [7, 11) is 1.56. The molecule has 0 atom stereocenters. The number of rotatable bonds is 7. The van der Waals surface area contributed by atoms with E-state index >= 15 is 0 Å². The zero-order chi connectivity index (χ0) is 27.3. The molecule has 1 aliphatic heterocycles. The second kappa shape index (κ2) is 11.2. The second-order valence-corrected chi connectivity index (χ2v) is 9.38. The van der Waals surface area contributed by atoms with Gasteiger partial charge in [-0.2, -0.15) is 18.4 Å². The average Bonchev–Trinajstić information content (AvgIpc) is 2.92. The number of amides is 1. The number of alkyl halides is 3. The summed E-state index contributed by atoms with van der Waals surface area (Å²) < 4.78 is 52.5. The molecule has 0 radical (unpaired) electrons. The second-order valence-electron chi connectivity index (χ2n) is 9.38. The molecule has 6 nitrogen and oxygen atoms in total. The number of nitriles is 1. The van der Waals surface area contributed by atoms with Crippen LogP contribution in [0.4, 0.5) is 18.0 Å². The third-order valence-corrected chi connectivity index (χ3v) is 6.99. The van der Waals surface area contributed by atoms with Gasteiger partial charge in [-0.1, -0.05) is 24.3 Å². The molecule has 0 unspecified atom stereocenters. The van der Waals surface area contributed by atoms with Gasteiger partial charge in [0, 0.05) is 18.5 Å². The number of nitrogens with zero attached hydrogens (tertiary/aromatic N) is 2. The van der Waals surface area contributed by atoms with Gasteiger partial charge < -0.3 is 19.5 Å². The molecule has 1 heterocycles. The molecule has 0 bridgehead atoms. The Morgan fingerprint density at radius 3 is 2.37 bits per heavy atom. The molecular weight excluding hydrogens is 497 g/mol. The number of methoxy groups -OCH3 is 1. The van der Waals surface area contributed by atoms with Gasteiger partial charge in [-0.3, -0.25) is 0 Å². The molecule has 0 saturated carbocycles. The summed E-state index contributed by atoms with van der Waals surface area (Å²) in [4.78, 5) is 12.8. The fourth-order valence-electron chi connectivity index (χ4n) is 4.80. The fourth-order valence-corrected chi connectivity index (χ4v) is 4.80. The summed E-state index contributed by atoms with van der Waals surface area (Å²) >= 11 is 0. The van der Waals surface area contributed by atoms with E-state index in [0.29, 0.717) is 53.9 Å². The van der Waals surface area contributed by atoms with Crippen molar-refractivity contribution in [3.05, 3.63) is 89.0 Å². The van der Waals surface area contributed by atoms with Crippen molar-refractivity contribution >= 4 is 6.09 Å². The van der Waals surface area contributed by atoms with Gasteiger partial charge in [0.1, 0.15) is 5.75 Å². The lowest BCUT2D eigenvalue weighted by molar-refractivity contribution is -0.137. The number of carbonyl (C=O) groups is 1. The summed E-state index contributed by atoms with van der Waals surface area (Å²) in [6.07, 6.45) is -4.51. The molecule has 3 aromatic carbocycles. The minimum Gasteiger partial charge on any atom is -0.497 e. The molecular formula is C29H27F3N2O4. The van der Waals surface area contributed by atoms with Gasteiger partial charge in [-0.05, 0) is 77.6 Å². The van der Waals surface area contributed by atoms with E-state index in [9.17, 15) is 23.1 Å². The molecule has 1 fully saturated rings. The topological polar surface area (TPSA) is 82.8 Å². The van der Waals surface area contributed by atoms with Crippen LogP contribution in [0.2, 0.25) is 0 Å². The zero-order valence-corrected chi connectivity index (χ0v) is 20.8. The van der Waals surface area contributed by atoms with Gasteiger partial charge in [0.2, 0.25) is 0 Å². The summed E-state index contributed by atoms with van der Waals surface area (Å²) in [5, 5.41) is 18.4. The molecule has 3 aromatic rings. The minimum absolute atomic E-state index is 0.0540. The average molecular weight is 525 g/mol. The highest BCUT2D eigenvalue weighted by molar-refractivity contribution is 5.66. The highest BCUT2D eigenvalue weighted by Crippen LogP contribution is 2.38. The van der Waals surface area contributed by atoms with E-state index in [4.69, 9.17) is 14.7 Å². The van der Waals surface area contributed by atoms with Gasteiger partial charge >= 0.3 is 12.3 Å². The van der Waals surface area contributed by atoms with E-state index < -0.39 is 23.2 Å². The molecule has 1 saturated heterocycles. The van der Waals surface area contributed by atoms with Crippen LogP contribution in [0, 0.1) is 11.3 Å². The molecule has 0 spiro atoms. The fraction of sp³-hybridized carbons (Fsp3) is 0.310. The van der Waals surface area contributed by atoms with E-state index in [-0.39, 0.29) is 13.2 Å². The van der Waals surface area contributed by atoms with Crippen molar-refractivity contribution in [1.82, 2.24) is 4.90 Å². The van der Waals surface area contributed by atoms with Crippen molar-refractivity contribution in [3.63, 3.8) is 0 Å². The van der Waals surface area contributed by atoms with Crippen LogP contribution in [0.25, 0.3) is 11.1 Å². The zero-order valence-electron chi connectivity index (χ0n) is 20.8. The lowest BCUT2D eigenvalue weighted by atomic mass is 9.73. The van der Waals surface area contributed by atoms with Crippen LogP contribution >= 0.6 is 0 Å². The quantitative estimate of drug-likeness (QED) is 0.383. The molecule has 1 amide bonds. The molecule has 0 aromatic heterocycles. The first-order valence-electron chi connectivity index (χ1n) is 12.1. The number of halogens is 3. The van der Waals surface area contributed by atoms with Crippen LogP contribution in [-0.2, 0) is 22.9 Å². The van der Waals surface area contributed by atoms with Crippen LogP contribution in [-0.4, -0.2) is 42.9 Å². The van der Waals surface area contributed by atoms with E-state index in [1.54, 1.807) is 37.4 Å². The maximum atomic E-state index is 13.7. The molecule has 198 valence electrons. The predicted octanol–water partition coefficient (Wildman–Crippen LogP) is 6.48. The molecule has 4 rings (SSSR count). The first-order valence-corrected chi connectivity index (χ1v) is 12.1. The number of carboxylic acid groups (broad SMARTS) is 1. The highest BCUT2D eigenvalue weighted by atomic mass is 19.4. The van der Waals surface area contributed by atoms with Crippen molar-refractivity contribution in [2.45, 2.75) is 31.0 Å². The van der Waals surface area contributed by atoms with Gasteiger partial charge in [0.05, 0.1) is 37.5 Å². The number of ether oxygens (including phenoxy) is 2. The molecule has 1 N–H and O–H groups in total. The number of hydrogen-bond acceptors (Lipinski definition) is 4. The van der Waals surface area contributed by atoms with Crippen LogP contribution in [0.15, 0.2) is 66.7 Å². The Labute approximate surface area is 218 Å². The Morgan fingerprint density at radius 2 is 1.76 bits per heavy atom. The summed E-state index contributed by atoms with van der Waals surface area (Å²) in [6.45, 7) is 0.794. The monoisotopic (exact) mass is 524 g/mol. The van der Waals surface area contributed by atoms with E-state index in [2.05, 4.69) is 0 Å². The number of piperidine rings is 1. The summed E-state index contributed by atoms with van der Waals surface area (Å²) in [6, 6.07) is 19.7. The van der Waals surface area contributed by atoms with Gasteiger partial charge in [-0.25, -0.2) is 4.79 Å². The van der Waals surface area contributed by atoms with Crippen LogP contribution < -0.4 is 4.74 Å². The Bertz CT molecular complexity index is 1320. The SMILES string of the molecule is COc1cccc(C2(COCc3cc(-c4ccc(C#N)cc4)cc(C(F)(F)F)c3)CCN(C(=O)O)CC2)c1. The number of likely N-dealkylation sites (tertiary alicyclic amines) is 1. The smallest absolute Gasteiger partial charge is 0.416 e. The summed E-state index contributed by atoms with van der Waals surface area (Å²) in [5.41, 5.74) is 1.35. The van der Waals surface area contributed by atoms with Crippen molar-refractivity contribution in [1.29, 1.82) is 5.26 Å².